The molecule has 3 aliphatic rings. The van der Waals surface area contributed by atoms with Gasteiger partial charge in [0, 0.05) is 125 Å². The zero-order valence-corrected chi connectivity index (χ0v) is 69.8. The fourth-order valence-electron chi connectivity index (χ4n) is 15.9. The van der Waals surface area contributed by atoms with E-state index < -0.39 is 6.04 Å². The quantitative estimate of drug-likeness (QED) is 0.00599. The van der Waals surface area contributed by atoms with Gasteiger partial charge in [-0.15, -0.1) is 0 Å². The second kappa shape index (κ2) is 47.5. The molecule has 0 unspecified atom stereocenters. The molecule has 13 rings (SSSR count). The first kappa shape index (κ1) is 90.3. The molecule has 3 heterocycles. The van der Waals surface area contributed by atoms with E-state index in [0.29, 0.717) is 128 Å². The van der Waals surface area contributed by atoms with Crippen LogP contribution in [0, 0.1) is 12.7 Å². The van der Waals surface area contributed by atoms with Gasteiger partial charge in [-0.05, 0) is 182 Å². The van der Waals surface area contributed by atoms with Gasteiger partial charge in [-0.1, -0.05) is 236 Å². The molecule has 6 amide bonds. The van der Waals surface area contributed by atoms with Gasteiger partial charge in [-0.25, -0.2) is 4.39 Å². The maximum absolute atomic E-state index is 14.0. The predicted octanol–water partition coefficient (Wildman–Crippen LogP) is 11.9. The van der Waals surface area contributed by atoms with Crippen molar-refractivity contribution in [1.29, 1.82) is 0 Å². The molecule has 3 saturated heterocycles. The minimum atomic E-state index is -0.424. The first-order valence-corrected chi connectivity index (χ1v) is 42.6. The van der Waals surface area contributed by atoms with E-state index in [0.717, 1.165) is 52.3 Å². The van der Waals surface area contributed by atoms with Crippen LogP contribution in [0.4, 0.5) is 10.1 Å². The molecule has 0 saturated carbocycles. The van der Waals surface area contributed by atoms with Crippen molar-refractivity contribution in [2.75, 3.05) is 84.3 Å². The van der Waals surface area contributed by atoms with Gasteiger partial charge in [0.15, 0.2) is 5.96 Å². The smallest absolute Gasteiger partial charge is 0.251 e. The minimum Gasteiger partial charge on any atom is -0.399 e. The topological polar surface area (TPSA) is 327 Å². The number of guanidine groups is 1. The van der Waals surface area contributed by atoms with E-state index in [1.165, 1.54) is 46.0 Å². The third-order valence-corrected chi connectivity index (χ3v) is 22.6. The number of carbonyl (C=O) groups excluding carboxylic acids is 6. The average Bonchev–Trinajstić information content (AvgIpc) is 0.883. The number of halogens is 1. The largest absolute Gasteiger partial charge is 0.399 e. The number of nitrogens with zero attached hydrogens (tertiary/aromatic N) is 4. The highest BCUT2D eigenvalue weighted by Gasteiger charge is 2.36. The Hall–Kier alpha value is -12.4. The molecule has 122 heavy (non-hydrogen) atoms. The van der Waals surface area contributed by atoms with Crippen molar-refractivity contribution in [2.24, 2.45) is 27.9 Å². The standard InChI is InChI=1S/C35H41N7O2.C33H40N4O2.C32H37FN4O2/c36-29-16-15-26-20-28(14-13-27(26)21-29)33(43)40-22-30-17-19-42(34(44)32(41-30)12-7-18-39-35(37)38)23-31(24-8-3-1-4-9-24)25-10-5-2-6-11-25;1-25-14-16-26(17-15-25)18-19-32(38)35-23-29-20-22-37(33(39)31(36-29)13-8-21-34)24-30(27-9-4-2-5-10-27)28-11-6-3-7-12-28;33-27-16-13-24(14-17-27)15-18-31(38)35-22-28-19-21-37(32(39)30(36-28)12-7-20-34)23-29(25-8-3-1-4-9-25)26-10-5-2-6-11-26/h1-6,8-11,13-16,20-21,30-32,41H,7,12,17-19,22-23,36H2,(H,40,43)(H4,37,38,39);2-7,9-12,14-19,29-31,36H,8,13,20-24,34H2,1H3,(H,35,38);1-6,8-11,13-18,28-30,36H,7,12,19-23,34H2,(H,35,38)/b;19-18+;18-15+/t30-,32-;29-,31-;28-,30-/m000/s1. The van der Waals surface area contributed by atoms with Gasteiger partial charge in [0.25, 0.3) is 5.91 Å². The number of nitrogens with one attached hydrogen (secondary N) is 6. The van der Waals surface area contributed by atoms with Crippen LogP contribution in [0.1, 0.15) is 136 Å². The maximum Gasteiger partial charge on any atom is 0.251 e. The van der Waals surface area contributed by atoms with Crippen LogP contribution >= 0.6 is 0 Å². The Morgan fingerprint density at radius 2 is 0.779 bits per heavy atom. The van der Waals surface area contributed by atoms with Gasteiger partial charge >= 0.3 is 0 Å². The lowest BCUT2D eigenvalue weighted by Gasteiger charge is -2.29. The highest BCUT2D eigenvalue weighted by atomic mass is 19.1. The predicted molar refractivity (Wildman–Crippen MR) is 489 cm³/mol. The number of aliphatic imine (C=N–C) groups is 1. The zero-order chi connectivity index (χ0) is 85.8. The Labute approximate surface area is 717 Å². The van der Waals surface area contributed by atoms with Crippen molar-refractivity contribution >= 4 is 70.0 Å². The monoisotopic (exact) mass is 1640 g/mol. The summed E-state index contributed by atoms with van der Waals surface area (Å²) in [5.74, 6) is -0.418. The number of aryl methyl sites for hydroxylation is 1. The number of benzene rings is 10. The van der Waals surface area contributed by atoms with Crippen LogP contribution in [0.3, 0.4) is 0 Å². The molecule has 10 aromatic carbocycles. The van der Waals surface area contributed by atoms with Gasteiger partial charge < -0.3 is 75.3 Å². The van der Waals surface area contributed by atoms with Crippen molar-refractivity contribution in [3.05, 3.63) is 341 Å². The lowest BCUT2D eigenvalue weighted by Crippen LogP contribution is -2.49. The number of rotatable bonds is 33. The van der Waals surface area contributed by atoms with Crippen molar-refractivity contribution in [2.45, 2.75) is 119 Å². The number of amides is 6. The van der Waals surface area contributed by atoms with Gasteiger partial charge in [-0.2, -0.15) is 0 Å². The van der Waals surface area contributed by atoms with E-state index in [-0.39, 0.29) is 95.2 Å². The van der Waals surface area contributed by atoms with Crippen molar-refractivity contribution in [3.63, 3.8) is 0 Å². The number of anilines is 1. The molecule has 0 aliphatic carbocycles. The zero-order valence-electron chi connectivity index (χ0n) is 69.8. The summed E-state index contributed by atoms with van der Waals surface area (Å²) in [7, 11) is 0. The molecule has 16 N–H and O–H groups in total. The van der Waals surface area contributed by atoms with Crippen molar-refractivity contribution in [3.8, 4) is 0 Å². The summed E-state index contributed by atoms with van der Waals surface area (Å²) in [6.45, 7) is 8.30. The summed E-state index contributed by atoms with van der Waals surface area (Å²) in [5, 5.41) is 21.6. The Morgan fingerprint density at radius 3 is 1.14 bits per heavy atom. The van der Waals surface area contributed by atoms with E-state index in [9.17, 15) is 33.2 Å². The summed E-state index contributed by atoms with van der Waals surface area (Å²) in [5.41, 5.74) is 39.7. The van der Waals surface area contributed by atoms with E-state index >= 15 is 0 Å². The molecular formula is C100H118FN15O6. The van der Waals surface area contributed by atoms with Gasteiger partial charge in [0.05, 0.1) is 18.1 Å². The molecule has 0 bridgehead atoms. The lowest BCUT2D eigenvalue weighted by molar-refractivity contribution is -0.133. The second-order valence-electron chi connectivity index (χ2n) is 31.6. The number of hydrogen-bond donors (Lipinski definition) is 11. The normalized spacial score (nSPS) is 17.6. The third kappa shape index (κ3) is 28.1. The van der Waals surface area contributed by atoms with Crippen LogP contribution in [0.25, 0.3) is 22.9 Å². The number of nitrogen functional groups attached to an aromatic ring is 1. The van der Waals surface area contributed by atoms with E-state index in [1.807, 2.05) is 198 Å². The molecule has 6 atom stereocenters. The Kier molecular flexibility index (Phi) is 35.2. The van der Waals surface area contributed by atoms with Crippen LogP contribution in [-0.2, 0) is 24.0 Å². The summed E-state index contributed by atoms with van der Waals surface area (Å²) in [6.07, 6.45) is 12.7. The van der Waals surface area contributed by atoms with E-state index in [4.69, 9.17) is 28.7 Å². The van der Waals surface area contributed by atoms with E-state index in [1.54, 1.807) is 24.3 Å². The molecule has 0 aromatic heterocycles. The minimum absolute atomic E-state index is 0.00894. The van der Waals surface area contributed by atoms with Crippen LogP contribution in [0.2, 0.25) is 0 Å². The van der Waals surface area contributed by atoms with Crippen LogP contribution in [0.15, 0.2) is 284 Å². The first-order chi connectivity index (χ1) is 59.4. The van der Waals surface area contributed by atoms with Crippen LogP contribution in [-0.4, -0.2) is 171 Å². The SMILES string of the molecule is Cc1ccc(/C=C/C(=O)NC[C@@H]2CCN(CC(c3ccccc3)c3ccccc3)C(=O)[C@H](CCCN)N2)cc1.NC(N)=NCCC[C@@H]1N[C@H](CNC(=O)c2ccc3cc(N)ccc3c2)CCN(CC(c2ccccc2)c2ccccc2)C1=O.NCCC[C@@H]1N[C@H](CNC(=O)/C=C/c2ccc(F)cc2)CCN(CC(c2ccccc2)c2ccccc2)C1=O. The Morgan fingerprint density at radius 1 is 0.443 bits per heavy atom. The lowest BCUT2D eigenvalue weighted by atomic mass is 9.90. The summed E-state index contributed by atoms with van der Waals surface area (Å²) in [4.78, 5) is 89.6. The Balaban J connectivity index is 0.000000179. The average molecular weight is 1650 g/mol. The highest BCUT2D eigenvalue weighted by molar-refractivity contribution is 5.99. The fourth-order valence-corrected chi connectivity index (χ4v) is 15.9. The number of nitrogens with two attached hydrogens (primary N) is 5. The van der Waals surface area contributed by atoms with Crippen molar-refractivity contribution in [1.82, 2.24) is 46.6 Å². The first-order valence-electron chi connectivity index (χ1n) is 42.6. The van der Waals surface area contributed by atoms with Crippen LogP contribution < -0.4 is 60.6 Å². The third-order valence-electron chi connectivity index (χ3n) is 22.6. The Bertz CT molecular complexity index is 4700. The molecule has 0 spiro atoms. The summed E-state index contributed by atoms with van der Waals surface area (Å²) >= 11 is 0. The van der Waals surface area contributed by atoms with Gasteiger partial charge in [0.1, 0.15) is 5.82 Å². The molecular weight excluding hydrogens is 1530 g/mol. The van der Waals surface area contributed by atoms with Gasteiger partial charge in [0.2, 0.25) is 29.5 Å². The number of carbonyl (C=O) groups is 6. The highest BCUT2D eigenvalue weighted by Crippen LogP contribution is 2.32. The van der Waals surface area contributed by atoms with Crippen LogP contribution in [0.5, 0.6) is 0 Å². The molecule has 636 valence electrons. The molecule has 0 radical (unpaired) electrons. The fraction of sp³-hybridized carbons (Fsp3) is 0.310. The van der Waals surface area contributed by atoms with Gasteiger partial charge in [-0.3, -0.25) is 33.8 Å². The molecule has 3 aliphatic heterocycles. The number of fused-ring (bicyclic) bond motifs is 1. The molecule has 3 fully saturated rings. The number of hydrogen-bond acceptors (Lipinski definition) is 13. The van der Waals surface area contributed by atoms with E-state index in [2.05, 4.69) is 110 Å². The molecule has 21 nitrogen and oxygen atoms in total. The second-order valence-corrected chi connectivity index (χ2v) is 31.6. The molecule has 10 aromatic rings. The van der Waals surface area contributed by atoms with Crippen molar-refractivity contribution < 1.29 is 33.2 Å². The molecule has 22 heteroatoms. The summed E-state index contributed by atoms with van der Waals surface area (Å²) < 4.78 is 13.1. The maximum atomic E-state index is 14.0. The summed E-state index contributed by atoms with van der Waals surface area (Å²) in [6, 6.07) is 85.9.